The molecule has 0 bridgehead atoms. The number of hydrogen-bond donors (Lipinski definition) is 0. The Kier molecular flexibility index (Phi) is 4.93. The summed E-state index contributed by atoms with van der Waals surface area (Å²) in [7, 11) is 0. The summed E-state index contributed by atoms with van der Waals surface area (Å²) in [6.45, 7) is 11.6. The van der Waals surface area contributed by atoms with Crippen molar-refractivity contribution < 1.29 is 0 Å². The van der Waals surface area contributed by atoms with Gasteiger partial charge in [-0.3, -0.25) is 0 Å². The van der Waals surface area contributed by atoms with Crippen LogP contribution >= 0.6 is 0 Å². The Hall–Kier alpha value is -3.32. The molecule has 0 saturated carbocycles. The molecule has 5 rings (SSSR count). The van der Waals surface area contributed by atoms with Crippen LogP contribution in [0.5, 0.6) is 0 Å². The van der Waals surface area contributed by atoms with Crippen LogP contribution < -0.4 is 0 Å². The molecule has 32 heavy (non-hydrogen) atoms. The van der Waals surface area contributed by atoms with Gasteiger partial charge in [-0.15, -0.1) is 0 Å². The van der Waals surface area contributed by atoms with Crippen LogP contribution in [0.1, 0.15) is 51.7 Å². The Balaban J connectivity index is 1.98. The van der Waals surface area contributed by atoms with Gasteiger partial charge in [0.15, 0.2) is 0 Å². The Morgan fingerprint density at radius 2 is 1.31 bits per heavy atom. The largest absolute Gasteiger partial charge is 0.308 e. The average molecular weight is 418 g/mol. The maximum Gasteiger partial charge on any atom is 0.0619 e. The first-order valence-corrected chi connectivity index (χ1v) is 11.6. The Morgan fingerprint density at radius 3 is 2.03 bits per heavy atom. The quantitative estimate of drug-likeness (QED) is 0.276. The van der Waals surface area contributed by atoms with Crippen molar-refractivity contribution in [3.63, 3.8) is 0 Å². The summed E-state index contributed by atoms with van der Waals surface area (Å²) in [5.41, 5.74) is 9.30. The maximum absolute atomic E-state index is 2.51. The fourth-order valence-electron chi connectivity index (χ4n) is 5.13. The Morgan fingerprint density at radius 1 is 0.656 bits per heavy atom. The lowest BCUT2D eigenvalue weighted by Crippen LogP contribution is -2.17. The van der Waals surface area contributed by atoms with Crippen molar-refractivity contribution in [2.75, 3.05) is 0 Å². The van der Waals surface area contributed by atoms with Crippen LogP contribution in [0.15, 0.2) is 91.0 Å². The molecule has 4 aromatic carbocycles. The van der Waals surface area contributed by atoms with Crippen LogP contribution in [-0.2, 0) is 5.41 Å². The van der Waals surface area contributed by atoms with Gasteiger partial charge in [0.1, 0.15) is 0 Å². The molecule has 0 unspecified atom stereocenters. The van der Waals surface area contributed by atoms with Gasteiger partial charge in [0.25, 0.3) is 0 Å². The smallest absolute Gasteiger partial charge is 0.0619 e. The average Bonchev–Trinajstić information content (AvgIpc) is 3.13. The molecule has 0 N–H and O–H groups in total. The standard InChI is InChI=1S/C31H31N/c1-21(2)29-26(31(3,4)5)18-12-20-28(29)32-27-19-10-9-15-24(27)25-17-11-16-23(30(25)32)22-13-7-6-8-14-22/h6-21H,1-5H3. The number of benzene rings is 4. The van der Waals surface area contributed by atoms with Gasteiger partial charge < -0.3 is 4.57 Å². The predicted molar refractivity (Wildman–Crippen MR) is 139 cm³/mol. The first kappa shape index (κ1) is 20.6. The number of nitrogens with zero attached hydrogens (tertiary/aromatic N) is 1. The number of rotatable bonds is 3. The highest BCUT2D eigenvalue weighted by atomic mass is 15.0. The molecular weight excluding hydrogens is 386 g/mol. The number of hydrogen-bond acceptors (Lipinski definition) is 0. The van der Waals surface area contributed by atoms with Crippen LogP contribution in [0.4, 0.5) is 0 Å². The number of para-hydroxylation sites is 2. The normalized spacial score (nSPS) is 12.2. The number of aromatic nitrogens is 1. The van der Waals surface area contributed by atoms with E-state index in [1.807, 2.05) is 0 Å². The molecule has 0 fully saturated rings. The van der Waals surface area contributed by atoms with Gasteiger partial charge in [-0.2, -0.15) is 0 Å². The second-order valence-electron chi connectivity index (χ2n) is 10.1. The monoisotopic (exact) mass is 417 g/mol. The van der Waals surface area contributed by atoms with Crippen molar-refractivity contribution in [1.29, 1.82) is 0 Å². The zero-order valence-electron chi connectivity index (χ0n) is 19.7. The second-order valence-corrected chi connectivity index (χ2v) is 10.1. The highest BCUT2D eigenvalue weighted by Crippen LogP contribution is 2.41. The molecule has 0 radical (unpaired) electrons. The van der Waals surface area contributed by atoms with Crippen molar-refractivity contribution in [1.82, 2.24) is 4.57 Å². The van der Waals surface area contributed by atoms with Gasteiger partial charge in [0, 0.05) is 22.0 Å². The maximum atomic E-state index is 2.51. The van der Waals surface area contributed by atoms with Gasteiger partial charge in [0.05, 0.1) is 11.0 Å². The van der Waals surface area contributed by atoms with Crippen molar-refractivity contribution in [2.24, 2.45) is 0 Å². The van der Waals surface area contributed by atoms with Gasteiger partial charge in [-0.1, -0.05) is 113 Å². The fraction of sp³-hybridized carbons (Fsp3) is 0.226. The van der Waals surface area contributed by atoms with Crippen LogP contribution in [-0.4, -0.2) is 4.57 Å². The van der Waals surface area contributed by atoms with E-state index >= 15 is 0 Å². The lowest BCUT2D eigenvalue weighted by Gasteiger charge is -2.28. The van der Waals surface area contributed by atoms with Crippen LogP contribution in [0.2, 0.25) is 0 Å². The van der Waals surface area contributed by atoms with E-state index in [0.717, 1.165) is 0 Å². The lowest BCUT2D eigenvalue weighted by molar-refractivity contribution is 0.576. The third-order valence-electron chi connectivity index (χ3n) is 6.49. The molecule has 1 heteroatoms. The van der Waals surface area contributed by atoms with E-state index in [0.29, 0.717) is 5.92 Å². The molecule has 0 saturated heterocycles. The predicted octanol–water partition coefficient (Wildman–Crippen LogP) is 8.87. The van der Waals surface area contributed by atoms with Crippen LogP contribution in [0.3, 0.4) is 0 Å². The Bertz CT molecular complexity index is 1410. The minimum absolute atomic E-state index is 0.0800. The summed E-state index contributed by atoms with van der Waals surface area (Å²) >= 11 is 0. The minimum atomic E-state index is 0.0800. The first-order chi connectivity index (χ1) is 15.4. The van der Waals surface area contributed by atoms with Gasteiger partial charge in [-0.25, -0.2) is 0 Å². The van der Waals surface area contributed by atoms with Gasteiger partial charge in [-0.05, 0) is 40.2 Å². The molecule has 0 aliphatic heterocycles. The zero-order valence-corrected chi connectivity index (χ0v) is 19.7. The molecule has 0 atom stereocenters. The molecule has 0 aliphatic rings. The highest BCUT2D eigenvalue weighted by molar-refractivity contribution is 6.13. The third kappa shape index (κ3) is 3.24. The van der Waals surface area contributed by atoms with E-state index in [-0.39, 0.29) is 5.41 Å². The fourth-order valence-corrected chi connectivity index (χ4v) is 5.13. The summed E-state index contributed by atoms with van der Waals surface area (Å²) in [5.74, 6) is 0.417. The number of fused-ring (bicyclic) bond motifs is 3. The van der Waals surface area contributed by atoms with Gasteiger partial charge in [0.2, 0.25) is 0 Å². The van der Waals surface area contributed by atoms with E-state index in [4.69, 9.17) is 0 Å². The Labute approximate surface area is 191 Å². The van der Waals surface area contributed by atoms with Crippen molar-refractivity contribution in [3.05, 3.63) is 102 Å². The lowest BCUT2D eigenvalue weighted by atomic mass is 9.80. The summed E-state index contributed by atoms with van der Waals surface area (Å²) in [6.07, 6.45) is 0. The minimum Gasteiger partial charge on any atom is -0.308 e. The second kappa shape index (κ2) is 7.67. The van der Waals surface area contributed by atoms with Crippen LogP contribution in [0.25, 0.3) is 38.6 Å². The van der Waals surface area contributed by atoms with Crippen molar-refractivity contribution in [2.45, 2.75) is 46.0 Å². The summed E-state index contributed by atoms with van der Waals surface area (Å²) in [4.78, 5) is 0. The topological polar surface area (TPSA) is 4.93 Å². The summed E-state index contributed by atoms with van der Waals surface area (Å²) in [6, 6.07) is 33.1. The van der Waals surface area contributed by atoms with Crippen LogP contribution in [0, 0.1) is 0 Å². The van der Waals surface area contributed by atoms with E-state index in [2.05, 4.69) is 130 Å². The van der Waals surface area contributed by atoms with E-state index in [9.17, 15) is 0 Å². The van der Waals surface area contributed by atoms with Crippen molar-refractivity contribution in [3.8, 4) is 16.8 Å². The van der Waals surface area contributed by atoms with E-state index in [1.165, 1.54) is 49.7 Å². The van der Waals surface area contributed by atoms with E-state index in [1.54, 1.807) is 0 Å². The first-order valence-electron chi connectivity index (χ1n) is 11.6. The molecule has 1 heterocycles. The molecule has 1 nitrogen and oxygen atoms in total. The SMILES string of the molecule is CC(C)c1c(-n2c3ccccc3c3cccc(-c4ccccc4)c32)cccc1C(C)(C)C. The molecule has 0 spiro atoms. The summed E-state index contributed by atoms with van der Waals surface area (Å²) < 4.78 is 2.51. The summed E-state index contributed by atoms with van der Waals surface area (Å²) in [5, 5.41) is 2.61. The van der Waals surface area contributed by atoms with Crippen molar-refractivity contribution >= 4 is 21.8 Å². The van der Waals surface area contributed by atoms with E-state index < -0.39 is 0 Å². The molecular formula is C31H31N. The molecule has 0 aliphatic carbocycles. The molecule has 0 amide bonds. The molecule has 5 aromatic rings. The van der Waals surface area contributed by atoms with Gasteiger partial charge >= 0.3 is 0 Å². The third-order valence-corrected chi connectivity index (χ3v) is 6.49. The zero-order chi connectivity index (χ0) is 22.5. The molecule has 160 valence electrons. The highest BCUT2D eigenvalue weighted by Gasteiger charge is 2.25. The molecule has 1 aromatic heterocycles.